The van der Waals surface area contributed by atoms with Crippen molar-refractivity contribution in [3.63, 3.8) is 0 Å². The summed E-state index contributed by atoms with van der Waals surface area (Å²) in [6, 6.07) is 2.62. The average molecular weight is 262 g/mol. The molecule has 1 fully saturated rings. The first-order valence-corrected chi connectivity index (χ1v) is 5.30. The summed E-state index contributed by atoms with van der Waals surface area (Å²) >= 11 is 3.05. The summed E-state index contributed by atoms with van der Waals surface area (Å²) in [5.74, 6) is -0.535. The molecular weight excluding hydrogens is 252 g/mol. The summed E-state index contributed by atoms with van der Waals surface area (Å²) in [5, 5.41) is 3.08. The maximum absolute atomic E-state index is 13.3. The van der Waals surface area contributed by atoms with E-state index in [0.717, 1.165) is 13.1 Å². The molecule has 2 rings (SSSR count). The van der Waals surface area contributed by atoms with Crippen LogP contribution in [-0.2, 0) is 6.42 Å². The highest BCUT2D eigenvalue weighted by molar-refractivity contribution is 9.10. The van der Waals surface area contributed by atoms with E-state index in [9.17, 15) is 8.78 Å². The van der Waals surface area contributed by atoms with Crippen LogP contribution in [0.25, 0.3) is 0 Å². The highest BCUT2D eigenvalue weighted by Crippen LogP contribution is 2.22. The van der Waals surface area contributed by atoms with Crippen LogP contribution in [0, 0.1) is 17.6 Å². The van der Waals surface area contributed by atoms with Crippen LogP contribution in [0.15, 0.2) is 16.6 Å². The highest BCUT2D eigenvalue weighted by Gasteiger charge is 2.21. The van der Waals surface area contributed by atoms with Gasteiger partial charge >= 0.3 is 0 Å². The van der Waals surface area contributed by atoms with Gasteiger partial charge < -0.3 is 5.32 Å². The molecule has 14 heavy (non-hydrogen) atoms. The van der Waals surface area contributed by atoms with Gasteiger partial charge in [0.15, 0.2) is 0 Å². The summed E-state index contributed by atoms with van der Waals surface area (Å²) in [5.41, 5.74) is 0.208. The van der Waals surface area contributed by atoms with Crippen molar-refractivity contribution < 1.29 is 8.78 Å². The monoisotopic (exact) mass is 261 g/mol. The van der Waals surface area contributed by atoms with Crippen molar-refractivity contribution in [3.05, 3.63) is 33.8 Å². The zero-order valence-electron chi connectivity index (χ0n) is 7.49. The van der Waals surface area contributed by atoms with Crippen LogP contribution >= 0.6 is 15.9 Å². The van der Waals surface area contributed by atoms with Crippen LogP contribution in [0.3, 0.4) is 0 Å². The molecule has 1 N–H and O–H groups in total. The number of nitrogens with one attached hydrogen (secondary N) is 1. The molecule has 76 valence electrons. The van der Waals surface area contributed by atoms with Crippen LogP contribution in [0.5, 0.6) is 0 Å². The van der Waals surface area contributed by atoms with Crippen molar-refractivity contribution in [2.45, 2.75) is 6.42 Å². The molecular formula is C10H10BrF2N. The molecule has 0 unspecified atom stereocenters. The predicted octanol–water partition coefficient (Wildman–Crippen LogP) is 2.49. The van der Waals surface area contributed by atoms with E-state index in [1.165, 1.54) is 12.1 Å². The smallest absolute Gasteiger partial charge is 0.130 e. The molecule has 0 amide bonds. The molecule has 4 heteroatoms. The topological polar surface area (TPSA) is 12.0 Å². The molecule has 0 aliphatic carbocycles. The van der Waals surface area contributed by atoms with E-state index >= 15 is 0 Å². The predicted molar refractivity (Wildman–Crippen MR) is 54.1 cm³/mol. The highest BCUT2D eigenvalue weighted by atomic mass is 79.9. The minimum Gasteiger partial charge on any atom is -0.316 e. The number of rotatable bonds is 2. The number of hydrogen-bond donors (Lipinski definition) is 1. The third-order valence-electron chi connectivity index (χ3n) is 2.46. The normalized spacial score (nSPS) is 16.8. The van der Waals surface area contributed by atoms with E-state index in [1.807, 2.05) is 0 Å². The lowest BCUT2D eigenvalue weighted by molar-refractivity contribution is 0.338. The van der Waals surface area contributed by atoms with Crippen LogP contribution in [0.2, 0.25) is 0 Å². The van der Waals surface area contributed by atoms with Crippen LogP contribution < -0.4 is 5.32 Å². The lowest BCUT2D eigenvalue weighted by Crippen LogP contribution is -2.43. The van der Waals surface area contributed by atoms with Gasteiger partial charge in [0, 0.05) is 10.0 Å². The van der Waals surface area contributed by atoms with E-state index in [0.29, 0.717) is 16.8 Å². The minimum absolute atomic E-state index is 0.208. The Labute approximate surface area is 89.6 Å². The van der Waals surface area contributed by atoms with Crippen LogP contribution in [0.4, 0.5) is 8.78 Å². The number of hydrogen-bond acceptors (Lipinski definition) is 1. The molecule has 0 radical (unpaired) electrons. The molecule has 1 heterocycles. The summed E-state index contributed by atoms with van der Waals surface area (Å²) in [6.07, 6.45) is 0.484. The zero-order chi connectivity index (χ0) is 10.1. The Morgan fingerprint density at radius 3 is 2.29 bits per heavy atom. The average Bonchev–Trinajstić information content (AvgIpc) is 1.98. The van der Waals surface area contributed by atoms with Gasteiger partial charge in [0.1, 0.15) is 11.6 Å². The van der Waals surface area contributed by atoms with Gasteiger partial charge in [-0.3, -0.25) is 0 Å². The Morgan fingerprint density at radius 2 is 1.86 bits per heavy atom. The first kappa shape index (κ1) is 10.1. The maximum Gasteiger partial charge on any atom is 0.130 e. The Hall–Kier alpha value is -0.480. The Morgan fingerprint density at radius 1 is 1.29 bits per heavy atom. The van der Waals surface area contributed by atoms with Crippen molar-refractivity contribution in [1.82, 2.24) is 5.32 Å². The minimum atomic E-state index is -0.455. The van der Waals surface area contributed by atoms with Crippen molar-refractivity contribution in [3.8, 4) is 0 Å². The molecule has 1 saturated heterocycles. The van der Waals surface area contributed by atoms with E-state index in [-0.39, 0.29) is 5.56 Å². The quantitative estimate of drug-likeness (QED) is 0.863. The molecule has 1 aliphatic rings. The second-order valence-electron chi connectivity index (χ2n) is 3.58. The molecule has 1 aromatic carbocycles. The molecule has 0 spiro atoms. The molecule has 1 aromatic rings. The lowest BCUT2D eigenvalue weighted by Gasteiger charge is -2.27. The van der Waals surface area contributed by atoms with Gasteiger partial charge in [-0.25, -0.2) is 8.78 Å². The fourth-order valence-corrected chi connectivity index (χ4v) is 1.95. The Bertz CT molecular complexity index is 327. The van der Waals surface area contributed by atoms with Crippen molar-refractivity contribution in [1.29, 1.82) is 0 Å². The van der Waals surface area contributed by atoms with Gasteiger partial charge in [-0.1, -0.05) is 15.9 Å². The van der Waals surface area contributed by atoms with E-state index in [1.54, 1.807) is 0 Å². The fraction of sp³-hybridized carbons (Fsp3) is 0.400. The first-order valence-electron chi connectivity index (χ1n) is 4.51. The molecule has 0 atom stereocenters. The second kappa shape index (κ2) is 3.95. The summed E-state index contributed by atoms with van der Waals surface area (Å²) < 4.78 is 27.1. The zero-order valence-corrected chi connectivity index (χ0v) is 9.07. The van der Waals surface area contributed by atoms with Gasteiger partial charge in [-0.15, -0.1) is 0 Å². The third kappa shape index (κ3) is 1.96. The van der Waals surface area contributed by atoms with E-state index in [4.69, 9.17) is 0 Å². The van der Waals surface area contributed by atoms with E-state index in [2.05, 4.69) is 21.2 Å². The van der Waals surface area contributed by atoms with Crippen LogP contribution in [-0.4, -0.2) is 13.1 Å². The summed E-state index contributed by atoms with van der Waals surface area (Å²) in [4.78, 5) is 0. The molecule has 0 aromatic heterocycles. The van der Waals surface area contributed by atoms with E-state index < -0.39 is 11.6 Å². The Balaban J connectivity index is 2.22. The van der Waals surface area contributed by atoms with Gasteiger partial charge in [0.05, 0.1) is 0 Å². The van der Waals surface area contributed by atoms with Gasteiger partial charge in [-0.05, 0) is 37.6 Å². The van der Waals surface area contributed by atoms with Gasteiger partial charge in [0.2, 0.25) is 0 Å². The summed E-state index contributed by atoms with van der Waals surface area (Å²) in [7, 11) is 0. The third-order valence-corrected chi connectivity index (χ3v) is 2.92. The number of benzene rings is 1. The van der Waals surface area contributed by atoms with Crippen molar-refractivity contribution in [2.24, 2.45) is 5.92 Å². The summed E-state index contributed by atoms with van der Waals surface area (Å²) in [6.45, 7) is 1.71. The fourth-order valence-electron chi connectivity index (χ4n) is 1.55. The first-order chi connectivity index (χ1) is 6.66. The standard InChI is InChI=1S/C10H10BrF2N/c11-7-2-9(12)8(10(13)3-7)1-6-4-14-5-6/h2-3,6,14H,1,4-5H2. The Kier molecular flexibility index (Phi) is 2.83. The van der Waals surface area contributed by atoms with Gasteiger partial charge in [0.25, 0.3) is 0 Å². The largest absolute Gasteiger partial charge is 0.316 e. The van der Waals surface area contributed by atoms with Gasteiger partial charge in [-0.2, -0.15) is 0 Å². The molecule has 1 aliphatic heterocycles. The molecule has 1 nitrogen and oxygen atoms in total. The van der Waals surface area contributed by atoms with Crippen molar-refractivity contribution in [2.75, 3.05) is 13.1 Å². The molecule has 0 bridgehead atoms. The lowest BCUT2D eigenvalue weighted by atomic mass is 9.94. The van der Waals surface area contributed by atoms with Crippen molar-refractivity contribution >= 4 is 15.9 Å². The second-order valence-corrected chi connectivity index (χ2v) is 4.49. The van der Waals surface area contributed by atoms with Crippen LogP contribution in [0.1, 0.15) is 5.56 Å². The SMILES string of the molecule is Fc1cc(Br)cc(F)c1CC1CNC1. The number of halogens is 3. The molecule has 0 saturated carbocycles. The maximum atomic E-state index is 13.3.